The molecule has 1 atom stereocenters. The number of amides is 2. The minimum atomic E-state index is -0.338. The van der Waals surface area contributed by atoms with Gasteiger partial charge in [-0.05, 0) is 24.3 Å². The fourth-order valence-electron chi connectivity index (χ4n) is 2.65. The Morgan fingerprint density at radius 2 is 1.75 bits per heavy atom. The molecule has 3 rings (SSSR count). The average Bonchev–Trinajstić information content (AvgIpc) is 2.76. The van der Waals surface area contributed by atoms with Crippen molar-refractivity contribution < 1.29 is 14.3 Å². The molecule has 0 spiro atoms. The Morgan fingerprint density at radius 3 is 2.40 bits per heavy atom. The average molecular weight is 339 g/mol. The number of carbonyl (C=O) groups is 2. The van der Waals surface area contributed by atoms with Gasteiger partial charge in [0.15, 0.2) is 0 Å². The van der Waals surface area contributed by atoms with E-state index in [0.29, 0.717) is 32.0 Å². The Labute approximate surface area is 125 Å². The molecule has 106 valence electrons. The van der Waals surface area contributed by atoms with Crippen molar-refractivity contribution in [3.05, 3.63) is 28.7 Å². The molecule has 0 aliphatic carbocycles. The third kappa shape index (κ3) is 2.51. The number of hydrogen-bond donors (Lipinski definition) is 0. The number of hydrogen-bond acceptors (Lipinski definition) is 4. The molecule has 6 heteroatoms. The van der Waals surface area contributed by atoms with Crippen LogP contribution < -0.4 is 4.90 Å². The minimum Gasteiger partial charge on any atom is -0.379 e. The van der Waals surface area contributed by atoms with Gasteiger partial charge in [0.25, 0.3) is 5.91 Å². The second-order valence-corrected chi connectivity index (χ2v) is 5.83. The van der Waals surface area contributed by atoms with E-state index in [-0.39, 0.29) is 24.3 Å². The number of imide groups is 1. The number of halogens is 1. The van der Waals surface area contributed by atoms with Crippen molar-refractivity contribution in [1.29, 1.82) is 0 Å². The molecule has 2 saturated heterocycles. The number of rotatable bonds is 2. The van der Waals surface area contributed by atoms with Crippen LogP contribution in [0.1, 0.15) is 6.42 Å². The molecule has 0 saturated carbocycles. The van der Waals surface area contributed by atoms with Crippen molar-refractivity contribution in [2.75, 3.05) is 31.2 Å². The third-order valence-electron chi connectivity index (χ3n) is 3.69. The van der Waals surface area contributed by atoms with Crippen molar-refractivity contribution in [1.82, 2.24) is 4.90 Å². The zero-order valence-corrected chi connectivity index (χ0v) is 12.5. The lowest BCUT2D eigenvalue weighted by atomic mass is 10.2. The Hall–Kier alpha value is -1.24. The fraction of sp³-hybridized carbons (Fsp3) is 0.429. The second kappa shape index (κ2) is 5.63. The molecule has 0 aromatic heterocycles. The molecule has 0 bridgehead atoms. The summed E-state index contributed by atoms with van der Waals surface area (Å²) >= 11 is 3.35. The van der Waals surface area contributed by atoms with Crippen LogP contribution >= 0.6 is 15.9 Å². The van der Waals surface area contributed by atoms with Crippen molar-refractivity contribution in [3.8, 4) is 0 Å². The maximum absolute atomic E-state index is 12.5. The molecule has 1 aromatic carbocycles. The summed E-state index contributed by atoms with van der Waals surface area (Å²) in [5, 5.41) is 0. The summed E-state index contributed by atoms with van der Waals surface area (Å²) in [7, 11) is 0. The SMILES string of the molecule is O=C1C[C@H](N2CCOCC2)C(=O)N1c1ccc(Br)cc1. The molecule has 20 heavy (non-hydrogen) atoms. The molecule has 0 unspecified atom stereocenters. The normalized spacial score (nSPS) is 24.4. The lowest BCUT2D eigenvalue weighted by Gasteiger charge is -2.30. The van der Waals surface area contributed by atoms with E-state index in [0.717, 1.165) is 4.47 Å². The van der Waals surface area contributed by atoms with Crippen LogP contribution in [0.25, 0.3) is 0 Å². The number of morpholine rings is 1. The molecule has 2 heterocycles. The Bertz CT molecular complexity index is 526. The van der Waals surface area contributed by atoms with Crippen LogP contribution in [0, 0.1) is 0 Å². The van der Waals surface area contributed by atoms with Crippen molar-refractivity contribution in [3.63, 3.8) is 0 Å². The summed E-state index contributed by atoms with van der Waals surface area (Å²) in [6.07, 6.45) is 0.259. The van der Waals surface area contributed by atoms with Gasteiger partial charge in [0.1, 0.15) is 0 Å². The van der Waals surface area contributed by atoms with E-state index in [4.69, 9.17) is 4.74 Å². The van der Waals surface area contributed by atoms with Crippen LogP contribution in [0.2, 0.25) is 0 Å². The maximum Gasteiger partial charge on any atom is 0.251 e. The Kier molecular flexibility index (Phi) is 3.87. The number of anilines is 1. The highest BCUT2D eigenvalue weighted by Crippen LogP contribution is 2.27. The van der Waals surface area contributed by atoms with Gasteiger partial charge in [0, 0.05) is 17.6 Å². The van der Waals surface area contributed by atoms with Gasteiger partial charge in [-0.3, -0.25) is 14.5 Å². The standard InChI is InChI=1S/C14H15BrN2O3/c15-10-1-3-11(4-2-10)17-13(18)9-12(14(17)19)16-5-7-20-8-6-16/h1-4,12H,5-9H2/t12-/m0/s1. The van der Waals surface area contributed by atoms with E-state index in [2.05, 4.69) is 15.9 Å². The van der Waals surface area contributed by atoms with Crippen LogP contribution in [0.5, 0.6) is 0 Å². The van der Waals surface area contributed by atoms with Crippen molar-refractivity contribution >= 4 is 33.4 Å². The first-order valence-electron chi connectivity index (χ1n) is 6.61. The number of benzene rings is 1. The van der Waals surface area contributed by atoms with Crippen LogP contribution in [-0.4, -0.2) is 49.1 Å². The predicted molar refractivity (Wildman–Crippen MR) is 77.4 cm³/mol. The molecular formula is C14H15BrN2O3. The molecule has 2 fully saturated rings. The third-order valence-corrected chi connectivity index (χ3v) is 4.22. The number of ether oxygens (including phenoxy) is 1. The summed E-state index contributed by atoms with van der Waals surface area (Å²) in [6.45, 7) is 2.65. The molecule has 0 N–H and O–H groups in total. The summed E-state index contributed by atoms with van der Waals surface area (Å²) < 4.78 is 6.21. The quantitative estimate of drug-likeness (QED) is 0.765. The highest BCUT2D eigenvalue weighted by Gasteiger charge is 2.42. The van der Waals surface area contributed by atoms with Crippen LogP contribution in [0.15, 0.2) is 28.7 Å². The smallest absolute Gasteiger partial charge is 0.251 e. The summed E-state index contributed by atoms with van der Waals surface area (Å²) in [5.41, 5.74) is 0.638. The van der Waals surface area contributed by atoms with Crippen LogP contribution in [0.4, 0.5) is 5.69 Å². The van der Waals surface area contributed by atoms with Crippen LogP contribution in [0.3, 0.4) is 0 Å². The predicted octanol–water partition coefficient (Wildman–Crippen LogP) is 1.41. The number of nitrogens with zero attached hydrogens (tertiary/aromatic N) is 2. The van der Waals surface area contributed by atoms with Gasteiger partial charge < -0.3 is 4.74 Å². The highest BCUT2D eigenvalue weighted by atomic mass is 79.9. The van der Waals surface area contributed by atoms with E-state index in [9.17, 15) is 9.59 Å². The van der Waals surface area contributed by atoms with E-state index in [1.807, 2.05) is 17.0 Å². The minimum absolute atomic E-state index is 0.126. The summed E-state index contributed by atoms with van der Waals surface area (Å²) in [4.78, 5) is 28.0. The topological polar surface area (TPSA) is 49.9 Å². The number of carbonyl (C=O) groups excluding carboxylic acids is 2. The monoisotopic (exact) mass is 338 g/mol. The zero-order chi connectivity index (χ0) is 14.1. The van der Waals surface area contributed by atoms with Gasteiger partial charge in [0.05, 0.1) is 31.4 Å². The molecular weight excluding hydrogens is 324 g/mol. The van der Waals surface area contributed by atoms with Crippen molar-refractivity contribution in [2.24, 2.45) is 0 Å². The summed E-state index contributed by atoms with van der Waals surface area (Å²) in [6, 6.07) is 6.88. The van der Waals surface area contributed by atoms with E-state index in [1.54, 1.807) is 12.1 Å². The van der Waals surface area contributed by atoms with Gasteiger partial charge in [0.2, 0.25) is 5.91 Å². The lowest BCUT2D eigenvalue weighted by molar-refractivity contribution is -0.123. The molecule has 2 aliphatic rings. The molecule has 5 nitrogen and oxygen atoms in total. The second-order valence-electron chi connectivity index (χ2n) is 4.91. The Balaban J connectivity index is 1.81. The molecule has 1 aromatic rings. The molecule has 2 amide bonds. The lowest BCUT2D eigenvalue weighted by Crippen LogP contribution is -2.47. The van der Waals surface area contributed by atoms with Gasteiger partial charge in [-0.2, -0.15) is 0 Å². The highest BCUT2D eigenvalue weighted by molar-refractivity contribution is 9.10. The van der Waals surface area contributed by atoms with E-state index >= 15 is 0 Å². The van der Waals surface area contributed by atoms with Crippen LogP contribution in [-0.2, 0) is 14.3 Å². The zero-order valence-electron chi connectivity index (χ0n) is 10.9. The van der Waals surface area contributed by atoms with Gasteiger partial charge in [-0.25, -0.2) is 4.90 Å². The Morgan fingerprint density at radius 1 is 1.10 bits per heavy atom. The van der Waals surface area contributed by atoms with Crippen molar-refractivity contribution in [2.45, 2.75) is 12.5 Å². The largest absolute Gasteiger partial charge is 0.379 e. The summed E-state index contributed by atoms with van der Waals surface area (Å²) in [5.74, 6) is -0.256. The first kappa shape index (κ1) is 13.7. The first-order chi connectivity index (χ1) is 9.66. The fourth-order valence-corrected chi connectivity index (χ4v) is 2.92. The molecule has 2 aliphatic heterocycles. The van der Waals surface area contributed by atoms with Gasteiger partial charge >= 0.3 is 0 Å². The molecule has 0 radical (unpaired) electrons. The van der Waals surface area contributed by atoms with Gasteiger partial charge in [-0.1, -0.05) is 15.9 Å². The maximum atomic E-state index is 12.5. The van der Waals surface area contributed by atoms with E-state index < -0.39 is 0 Å². The first-order valence-corrected chi connectivity index (χ1v) is 7.40. The van der Waals surface area contributed by atoms with Gasteiger partial charge in [-0.15, -0.1) is 0 Å². The van der Waals surface area contributed by atoms with E-state index in [1.165, 1.54) is 4.90 Å².